The van der Waals surface area contributed by atoms with Crippen LogP contribution in [-0.4, -0.2) is 22.3 Å². The lowest BCUT2D eigenvalue weighted by atomic mass is 10.1. The molecule has 2 aromatic carbocycles. The minimum atomic E-state index is -0.0743. The fourth-order valence-corrected chi connectivity index (χ4v) is 3.84. The summed E-state index contributed by atoms with van der Waals surface area (Å²) in [6.45, 7) is 7.73. The minimum Gasteiger partial charge on any atom is -0.486 e. The van der Waals surface area contributed by atoms with E-state index in [-0.39, 0.29) is 5.91 Å². The third-order valence-electron chi connectivity index (χ3n) is 4.31. The van der Waals surface area contributed by atoms with E-state index in [9.17, 15) is 4.79 Å². The maximum absolute atomic E-state index is 13.0. The van der Waals surface area contributed by atoms with Crippen LogP contribution in [0, 0.1) is 12.8 Å². The van der Waals surface area contributed by atoms with E-state index in [2.05, 4.69) is 18.8 Å². The number of hydrogen-bond donors (Lipinski definition) is 0. The van der Waals surface area contributed by atoms with Crippen molar-refractivity contribution in [1.29, 1.82) is 0 Å². The van der Waals surface area contributed by atoms with Crippen molar-refractivity contribution in [3.8, 4) is 5.75 Å². The average molecular weight is 429 g/mol. The fourth-order valence-electron chi connectivity index (χ4n) is 2.93. The van der Waals surface area contributed by atoms with Crippen LogP contribution >= 0.6 is 22.9 Å². The summed E-state index contributed by atoms with van der Waals surface area (Å²) < 4.78 is 5.81. The minimum absolute atomic E-state index is 0.0743. The molecular formula is C23H25ClN2O2S. The molecule has 4 nitrogen and oxygen atoms in total. The van der Waals surface area contributed by atoms with Crippen LogP contribution in [0.1, 0.15) is 40.5 Å². The molecule has 6 heteroatoms. The Kier molecular flexibility index (Phi) is 7.29. The first-order valence-corrected chi connectivity index (χ1v) is 10.8. The van der Waals surface area contributed by atoms with Gasteiger partial charge in [0.2, 0.25) is 0 Å². The summed E-state index contributed by atoms with van der Waals surface area (Å²) in [6.07, 6.45) is 0. The Hall–Kier alpha value is -2.37. The Bertz CT molecular complexity index is 954. The molecule has 0 aliphatic rings. The smallest absolute Gasteiger partial charge is 0.255 e. The molecule has 29 heavy (non-hydrogen) atoms. The lowest BCUT2D eigenvalue weighted by Crippen LogP contribution is -2.34. The molecule has 0 saturated heterocycles. The van der Waals surface area contributed by atoms with Crippen molar-refractivity contribution in [2.45, 2.75) is 33.9 Å². The fraction of sp³-hybridized carbons (Fsp3) is 0.304. The number of ether oxygens (including phenoxy) is 1. The van der Waals surface area contributed by atoms with E-state index in [0.717, 1.165) is 16.5 Å². The average Bonchev–Trinajstić information content (AvgIpc) is 3.14. The van der Waals surface area contributed by atoms with Crippen LogP contribution in [-0.2, 0) is 13.2 Å². The first kappa shape index (κ1) is 21.3. The Morgan fingerprint density at radius 3 is 2.59 bits per heavy atom. The summed E-state index contributed by atoms with van der Waals surface area (Å²) in [4.78, 5) is 19.5. The molecule has 152 valence electrons. The number of rotatable bonds is 8. The maximum Gasteiger partial charge on any atom is 0.255 e. The van der Waals surface area contributed by atoms with Gasteiger partial charge in [-0.3, -0.25) is 4.79 Å². The van der Waals surface area contributed by atoms with Crippen LogP contribution in [0.4, 0.5) is 0 Å². The van der Waals surface area contributed by atoms with Gasteiger partial charge in [0, 0.05) is 11.9 Å². The van der Waals surface area contributed by atoms with E-state index < -0.39 is 0 Å². The van der Waals surface area contributed by atoms with Gasteiger partial charge in [-0.2, -0.15) is 0 Å². The maximum atomic E-state index is 13.0. The van der Waals surface area contributed by atoms with Crippen LogP contribution < -0.4 is 4.74 Å². The zero-order chi connectivity index (χ0) is 20.8. The van der Waals surface area contributed by atoms with Gasteiger partial charge >= 0.3 is 0 Å². The topological polar surface area (TPSA) is 42.4 Å². The predicted molar refractivity (Wildman–Crippen MR) is 119 cm³/mol. The Labute approximate surface area is 181 Å². The quantitative estimate of drug-likeness (QED) is 0.443. The lowest BCUT2D eigenvalue weighted by molar-refractivity contribution is 0.0720. The molecule has 0 bridgehead atoms. The van der Waals surface area contributed by atoms with E-state index in [1.165, 1.54) is 5.56 Å². The summed E-state index contributed by atoms with van der Waals surface area (Å²) in [5.74, 6) is 1.09. The monoisotopic (exact) mass is 428 g/mol. The Morgan fingerprint density at radius 2 is 1.90 bits per heavy atom. The lowest BCUT2D eigenvalue weighted by Gasteiger charge is -2.24. The molecule has 0 fully saturated rings. The second-order valence-corrected chi connectivity index (χ2v) is 8.74. The molecule has 0 unspecified atom stereocenters. The predicted octanol–water partition coefficient (Wildman–Crippen LogP) is 5.98. The first-order valence-electron chi connectivity index (χ1n) is 9.59. The van der Waals surface area contributed by atoms with Crippen LogP contribution in [0.2, 0.25) is 5.02 Å². The molecular weight excluding hydrogens is 404 g/mol. The Morgan fingerprint density at radius 1 is 1.17 bits per heavy atom. The van der Waals surface area contributed by atoms with Crippen LogP contribution in [0.15, 0.2) is 53.9 Å². The van der Waals surface area contributed by atoms with Crippen LogP contribution in [0.5, 0.6) is 5.75 Å². The van der Waals surface area contributed by atoms with Gasteiger partial charge in [-0.1, -0.05) is 55.3 Å². The third-order valence-corrected chi connectivity index (χ3v) is 5.51. The van der Waals surface area contributed by atoms with Gasteiger partial charge in [-0.05, 0) is 37.1 Å². The number of aromatic nitrogens is 1. The number of amides is 1. The van der Waals surface area contributed by atoms with E-state index in [0.29, 0.717) is 36.2 Å². The number of nitrogens with zero attached hydrogens (tertiary/aromatic N) is 2. The molecule has 3 rings (SSSR count). The number of carbonyl (C=O) groups excluding carboxylic acids is 1. The Balaban J connectivity index is 1.67. The molecule has 0 spiro atoms. The van der Waals surface area contributed by atoms with Crippen molar-refractivity contribution < 1.29 is 9.53 Å². The van der Waals surface area contributed by atoms with Crippen molar-refractivity contribution in [3.63, 3.8) is 0 Å². The standard InChI is InChI=1S/C23H25ClN2O2S/c1-16(2)12-26(23(27)20-6-4-5-7-21(20)24)13-18-15-29-22(25-18)14-28-19-10-8-17(3)9-11-19/h4-11,15-16H,12-14H2,1-3H3. The third kappa shape index (κ3) is 6.05. The van der Waals surface area contributed by atoms with Gasteiger partial charge in [-0.25, -0.2) is 4.98 Å². The summed E-state index contributed by atoms with van der Waals surface area (Å²) in [7, 11) is 0. The van der Waals surface area contributed by atoms with Crippen molar-refractivity contribution in [2.75, 3.05) is 6.54 Å². The zero-order valence-corrected chi connectivity index (χ0v) is 18.5. The van der Waals surface area contributed by atoms with Crippen molar-refractivity contribution in [2.24, 2.45) is 5.92 Å². The van der Waals surface area contributed by atoms with E-state index >= 15 is 0 Å². The van der Waals surface area contributed by atoms with Crippen LogP contribution in [0.25, 0.3) is 0 Å². The van der Waals surface area contributed by atoms with Gasteiger partial charge in [0.15, 0.2) is 0 Å². The molecule has 0 saturated carbocycles. The van der Waals surface area contributed by atoms with E-state index in [1.54, 1.807) is 23.5 Å². The molecule has 0 radical (unpaired) electrons. The molecule has 0 aliphatic carbocycles. The molecule has 0 atom stereocenters. The van der Waals surface area contributed by atoms with Crippen molar-refractivity contribution in [1.82, 2.24) is 9.88 Å². The summed E-state index contributed by atoms with van der Waals surface area (Å²) in [6, 6.07) is 15.1. The van der Waals surface area contributed by atoms with Gasteiger partial charge in [0.25, 0.3) is 5.91 Å². The van der Waals surface area contributed by atoms with Gasteiger partial charge < -0.3 is 9.64 Å². The van der Waals surface area contributed by atoms with Crippen LogP contribution in [0.3, 0.4) is 0 Å². The largest absolute Gasteiger partial charge is 0.486 e. The van der Waals surface area contributed by atoms with Gasteiger partial charge in [-0.15, -0.1) is 11.3 Å². The highest BCUT2D eigenvalue weighted by molar-refractivity contribution is 7.09. The molecule has 0 N–H and O–H groups in total. The number of hydrogen-bond acceptors (Lipinski definition) is 4. The normalized spacial score (nSPS) is 10.9. The summed E-state index contributed by atoms with van der Waals surface area (Å²) >= 11 is 7.78. The molecule has 0 aliphatic heterocycles. The molecule has 3 aromatic rings. The SMILES string of the molecule is Cc1ccc(OCc2nc(CN(CC(C)C)C(=O)c3ccccc3Cl)cs2)cc1. The highest BCUT2D eigenvalue weighted by Crippen LogP contribution is 2.21. The number of benzene rings is 2. The first-order chi connectivity index (χ1) is 13.9. The molecule has 1 heterocycles. The number of halogens is 1. The second kappa shape index (κ2) is 9.90. The van der Waals surface area contributed by atoms with Crippen molar-refractivity contribution in [3.05, 3.63) is 80.8 Å². The highest BCUT2D eigenvalue weighted by atomic mass is 35.5. The number of carbonyl (C=O) groups is 1. The molecule has 1 aromatic heterocycles. The number of thiazole rings is 1. The highest BCUT2D eigenvalue weighted by Gasteiger charge is 2.20. The van der Waals surface area contributed by atoms with Gasteiger partial charge in [0.05, 0.1) is 22.8 Å². The summed E-state index contributed by atoms with van der Waals surface area (Å²) in [5.41, 5.74) is 2.58. The van der Waals surface area contributed by atoms with E-state index in [1.807, 2.05) is 53.6 Å². The number of aryl methyl sites for hydroxylation is 1. The second-order valence-electron chi connectivity index (χ2n) is 7.39. The van der Waals surface area contributed by atoms with Gasteiger partial charge in [0.1, 0.15) is 17.4 Å². The summed E-state index contributed by atoms with van der Waals surface area (Å²) in [5, 5.41) is 3.34. The molecule has 1 amide bonds. The van der Waals surface area contributed by atoms with E-state index in [4.69, 9.17) is 16.3 Å². The zero-order valence-electron chi connectivity index (χ0n) is 16.9. The van der Waals surface area contributed by atoms with Crippen molar-refractivity contribution >= 4 is 28.8 Å².